The molecule has 1 aliphatic rings. The van der Waals surface area contributed by atoms with Gasteiger partial charge in [-0.1, -0.05) is 24.3 Å². The SMILES string of the molecule is Cn1ccnc1Cc1ccc(C2(N=C=O)CC2)cc1. The maximum atomic E-state index is 10.4. The molecule has 96 valence electrons. The van der Waals surface area contributed by atoms with Gasteiger partial charge >= 0.3 is 0 Å². The zero-order valence-electron chi connectivity index (χ0n) is 10.8. The smallest absolute Gasteiger partial charge is 0.235 e. The highest BCUT2D eigenvalue weighted by Gasteiger charge is 2.44. The summed E-state index contributed by atoms with van der Waals surface area (Å²) in [5, 5.41) is 0. The van der Waals surface area contributed by atoms with Crippen molar-refractivity contribution >= 4 is 6.08 Å². The number of aromatic nitrogens is 2. The highest BCUT2D eigenvalue weighted by Crippen LogP contribution is 2.49. The van der Waals surface area contributed by atoms with E-state index in [1.165, 1.54) is 5.56 Å². The number of imidazole rings is 1. The first-order chi connectivity index (χ1) is 9.23. The number of aliphatic imine (C=N–C) groups is 1. The average Bonchev–Trinajstić information content (AvgIpc) is 3.09. The van der Waals surface area contributed by atoms with Crippen molar-refractivity contribution in [3.63, 3.8) is 0 Å². The van der Waals surface area contributed by atoms with Gasteiger partial charge in [0, 0.05) is 25.9 Å². The molecule has 4 heteroatoms. The largest absolute Gasteiger partial charge is 0.338 e. The molecule has 2 aromatic rings. The fourth-order valence-electron chi connectivity index (χ4n) is 2.35. The van der Waals surface area contributed by atoms with Crippen LogP contribution < -0.4 is 0 Å². The molecule has 0 saturated heterocycles. The highest BCUT2D eigenvalue weighted by molar-refractivity contribution is 5.42. The van der Waals surface area contributed by atoms with Crippen LogP contribution in [-0.4, -0.2) is 15.6 Å². The van der Waals surface area contributed by atoms with E-state index in [1.54, 1.807) is 6.08 Å². The predicted molar refractivity (Wildman–Crippen MR) is 71.5 cm³/mol. The van der Waals surface area contributed by atoms with E-state index in [9.17, 15) is 4.79 Å². The second kappa shape index (κ2) is 4.48. The van der Waals surface area contributed by atoms with Gasteiger partial charge in [0.25, 0.3) is 0 Å². The van der Waals surface area contributed by atoms with Crippen LogP contribution in [-0.2, 0) is 23.8 Å². The molecule has 3 rings (SSSR count). The van der Waals surface area contributed by atoms with E-state index in [1.807, 2.05) is 24.0 Å². The van der Waals surface area contributed by atoms with Crippen LogP contribution >= 0.6 is 0 Å². The van der Waals surface area contributed by atoms with Crippen molar-refractivity contribution < 1.29 is 4.79 Å². The summed E-state index contributed by atoms with van der Waals surface area (Å²) in [6.07, 6.45) is 8.15. The van der Waals surface area contributed by atoms with Gasteiger partial charge in [-0.05, 0) is 24.0 Å². The monoisotopic (exact) mass is 253 g/mol. The van der Waals surface area contributed by atoms with Crippen LogP contribution in [0.1, 0.15) is 29.8 Å². The maximum Gasteiger partial charge on any atom is 0.235 e. The third-order valence-corrected chi connectivity index (χ3v) is 3.76. The summed E-state index contributed by atoms with van der Waals surface area (Å²) in [5.41, 5.74) is 2.05. The Labute approximate surface area is 111 Å². The van der Waals surface area contributed by atoms with Crippen LogP contribution in [0.4, 0.5) is 0 Å². The molecule has 1 heterocycles. The molecule has 0 spiro atoms. The number of aryl methyl sites for hydroxylation is 1. The molecular weight excluding hydrogens is 238 g/mol. The van der Waals surface area contributed by atoms with Crippen molar-refractivity contribution in [2.45, 2.75) is 24.8 Å². The fraction of sp³-hybridized carbons (Fsp3) is 0.333. The molecule has 0 aliphatic heterocycles. The van der Waals surface area contributed by atoms with Crippen molar-refractivity contribution in [1.29, 1.82) is 0 Å². The summed E-state index contributed by atoms with van der Waals surface area (Å²) in [6.45, 7) is 0. The summed E-state index contributed by atoms with van der Waals surface area (Å²) in [6, 6.07) is 8.30. The Bertz CT molecular complexity index is 632. The molecule has 1 aliphatic carbocycles. The van der Waals surface area contributed by atoms with Crippen LogP contribution in [0.5, 0.6) is 0 Å². The minimum atomic E-state index is -0.274. The number of carbonyl (C=O) groups excluding carboxylic acids is 1. The van der Waals surface area contributed by atoms with Crippen molar-refractivity contribution in [3.05, 3.63) is 53.6 Å². The van der Waals surface area contributed by atoms with Gasteiger partial charge in [0.15, 0.2) is 0 Å². The third kappa shape index (κ3) is 2.23. The molecular formula is C15H15N3O. The van der Waals surface area contributed by atoms with Gasteiger partial charge < -0.3 is 4.57 Å². The van der Waals surface area contributed by atoms with E-state index in [2.05, 4.69) is 34.2 Å². The quantitative estimate of drug-likeness (QED) is 0.620. The first kappa shape index (κ1) is 11.9. The van der Waals surface area contributed by atoms with Crippen molar-refractivity contribution in [2.24, 2.45) is 12.0 Å². The first-order valence-corrected chi connectivity index (χ1v) is 6.38. The van der Waals surface area contributed by atoms with Crippen molar-refractivity contribution in [2.75, 3.05) is 0 Å². The van der Waals surface area contributed by atoms with E-state index >= 15 is 0 Å². The zero-order valence-corrected chi connectivity index (χ0v) is 10.8. The Morgan fingerprint density at radius 3 is 2.63 bits per heavy atom. The summed E-state index contributed by atoms with van der Waals surface area (Å²) >= 11 is 0. The fourth-order valence-corrected chi connectivity index (χ4v) is 2.35. The van der Waals surface area contributed by atoms with Crippen molar-refractivity contribution in [1.82, 2.24) is 9.55 Å². The number of rotatable bonds is 4. The van der Waals surface area contributed by atoms with E-state index in [0.29, 0.717) is 0 Å². The number of benzene rings is 1. The van der Waals surface area contributed by atoms with Crippen molar-refractivity contribution in [3.8, 4) is 0 Å². The first-order valence-electron chi connectivity index (χ1n) is 6.38. The Morgan fingerprint density at radius 2 is 2.11 bits per heavy atom. The summed E-state index contributed by atoms with van der Waals surface area (Å²) in [4.78, 5) is 18.7. The minimum Gasteiger partial charge on any atom is -0.338 e. The lowest BCUT2D eigenvalue weighted by Gasteiger charge is -2.09. The second-order valence-electron chi connectivity index (χ2n) is 5.06. The molecule has 0 amide bonds. The van der Waals surface area contributed by atoms with Gasteiger partial charge in [0.05, 0.1) is 5.54 Å². The Morgan fingerprint density at radius 1 is 1.37 bits per heavy atom. The van der Waals surface area contributed by atoms with Gasteiger partial charge in [-0.3, -0.25) is 0 Å². The van der Waals surface area contributed by atoms with Gasteiger partial charge in [-0.25, -0.2) is 9.78 Å². The van der Waals surface area contributed by atoms with Gasteiger partial charge in [-0.15, -0.1) is 0 Å². The van der Waals surface area contributed by atoms with Crippen LogP contribution in [0.3, 0.4) is 0 Å². The molecule has 4 nitrogen and oxygen atoms in total. The topological polar surface area (TPSA) is 47.2 Å². The highest BCUT2D eigenvalue weighted by atomic mass is 16.1. The molecule has 0 atom stereocenters. The lowest BCUT2D eigenvalue weighted by atomic mass is 10.0. The predicted octanol–water partition coefficient (Wildman–Crippen LogP) is 2.34. The second-order valence-corrected chi connectivity index (χ2v) is 5.06. The van der Waals surface area contributed by atoms with E-state index in [4.69, 9.17) is 0 Å². The van der Waals surface area contributed by atoms with E-state index < -0.39 is 0 Å². The Hall–Kier alpha value is -2.19. The van der Waals surface area contributed by atoms with E-state index in [0.717, 1.165) is 30.7 Å². The van der Waals surface area contributed by atoms with Crippen LogP contribution in [0.2, 0.25) is 0 Å². The van der Waals surface area contributed by atoms with Gasteiger partial charge in [0.2, 0.25) is 6.08 Å². The zero-order chi connectivity index (χ0) is 13.3. The number of isocyanates is 1. The van der Waals surface area contributed by atoms with Crippen LogP contribution in [0.15, 0.2) is 41.7 Å². The number of nitrogens with zero attached hydrogens (tertiary/aromatic N) is 3. The third-order valence-electron chi connectivity index (χ3n) is 3.76. The minimum absolute atomic E-state index is 0.274. The normalized spacial score (nSPS) is 15.8. The molecule has 1 saturated carbocycles. The lowest BCUT2D eigenvalue weighted by Crippen LogP contribution is -2.03. The summed E-state index contributed by atoms with van der Waals surface area (Å²) < 4.78 is 2.02. The van der Waals surface area contributed by atoms with E-state index in [-0.39, 0.29) is 5.54 Å². The molecule has 1 aromatic carbocycles. The molecule has 0 radical (unpaired) electrons. The number of hydrogen-bond donors (Lipinski definition) is 0. The van der Waals surface area contributed by atoms with Gasteiger partial charge in [0.1, 0.15) is 5.82 Å². The average molecular weight is 253 g/mol. The van der Waals surface area contributed by atoms with Gasteiger partial charge in [-0.2, -0.15) is 4.99 Å². The van der Waals surface area contributed by atoms with Crippen LogP contribution in [0, 0.1) is 0 Å². The molecule has 1 aromatic heterocycles. The molecule has 19 heavy (non-hydrogen) atoms. The number of hydrogen-bond acceptors (Lipinski definition) is 3. The maximum absolute atomic E-state index is 10.4. The Kier molecular flexibility index (Phi) is 2.80. The lowest BCUT2D eigenvalue weighted by molar-refractivity contribution is 0.556. The molecule has 0 N–H and O–H groups in total. The summed E-state index contributed by atoms with van der Waals surface area (Å²) in [7, 11) is 1.99. The molecule has 0 bridgehead atoms. The Balaban J connectivity index is 1.80. The molecule has 0 unspecified atom stereocenters. The molecule has 1 fully saturated rings. The van der Waals surface area contributed by atoms with Crippen LogP contribution in [0.25, 0.3) is 0 Å². The standard InChI is InChI=1S/C15H15N3O/c1-18-9-8-16-14(18)10-12-2-4-13(5-3-12)15(6-7-15)17-11-19/h2-5,8-9H,6-7,10H2,1H3. The summed E-state index contributed by atoms with van der Waals surface area (Å²) in [5.74, 6) is 1.04.